The fourth-order valence-corrected chi connectivity index (χ4v) is 1.91. The Morgan fingerprint density at radius 2 is 2.28 bits per heavy atom. The van der Waals surface area contributed by atoms with Gasteiger partial charge in [0.25, 0.3) is 0 Å². The van der Waals surface area contributed by atoms with E-state index in [9.17, 15) is 0 Å². The van der Waals surface area contributed by atoms with Crippen molar-refractivity contribution in [3.05, 3.63) is 34.1 Å². The summed E-state index contributed by atoms with van der Waals surface area (Å²) in [6, 6.07) is 5.63. The van der Waals surface area contributed by atoms with E-state index < -0.39 is 0 Å². The molecule has 2 aromatic rings. The molecule has 2 N–H and O–H groups in total. The summed E-state index contributed by atoms with van der Waals surface area (Å²) in [4.78, 5) is 1.40. The number of hydrogen-bond donors (Lipinski definition) is 1. The molecule has 0 radical (unpaired) electrons. The SMILES string of the molecule is C[C@@H](N)c1cc(Br)ccc1OCc1nnn(C)n1. The molecule has 0 aliphatic carbocycles. The molecule has 1 atom stereocenters. The Kier molecular flexibility index (Phi) is 3.93. The summed E-state index contributed by atoms with van der Waals surface area (Å²) in [6.45, 7) is 2.18. The predicted molar refractivity (Wildman–Crippen MR) is 69.9 cm³/mol. The Morgan fingerprint density at radius 1 is 1.50 bits per heavy atom. The van der Waals surface area contributed by atoms with Crippen LogP contribution in [-0.4, -0.2) is 20.2 Å². The zero-order chi connectivity index (χ0) is 13.1. The van der Waals surface area contributed by atoms with Gasteiger partial charge in [0.1, 0.15) is 5.75 Å². The van der Waals surface area contributed by atoms with E-state index in [4.69, 9.17) is 10.5 Å². The largest absolute Gasteiger partial charge is 0.485 e. The van der Waals surface area contributed by atoms with Crippen molar-refractivity contribution < 1.29 is 4.74 Å². The Hall–Kier alpha value is -1.47. The third kappa shape index (κ3) is 3.05. The first-order chi connectivity index (χ1) is 8.56. The maximum atomic E-state index is 5.91. The molecule has 18 heavy (non-hydrogen) atoms. The molecule has 0 aliphatic heterocycles. The average Bonchev–Trinajstić information content (AvgIpc) is 2.73. The minimum Gasteiger partial charge on any atom is -0.485 e. The van der Waals surface area contributed by atoms with Crippen molar-refractivity contribution in [1.29, 1.82) is 0 Å². The van der Waals surface area contributed by atoms with Gasteiger partial charge in [-0.1, -0.05) is 15.9 Å². The summed E-state index contributed by atoms with van der Waals surface area (Å²) in [7, 11) is 1.71. The van der Waals surface area contributed by atoms with Gasteiger partial charge in [0.05, 0.1) is 7.05 Å². The number of aryl methyl sites for hydroxylation is 1. The predicted octanol–water partition coefficient (Wildman–Crippen LogP) is 1.57. The van der Waals surface area contributed by atoms with E-state index in [2.05, 4.69) is 31.3 Å². The van der Waals surface area contributed by atoms with E-state index in [0.717, 1.165) is 15.8 Å². The van der Waals surface area contributed by atoms with Gasteiger partial charge in [0.15, 0.2) is 6.61 Å². The topological polar surface area (TPSA) is 78.9 Å². The van der Waals surface area contributed by atoms with E-state index in [0.29, 0.717) is 5.82 Å². The number of nitrogens with zero attached hydrogens (tertiary/aromatic N) is 4. The summed E-state index contributed by atoms with van der Waals surface area (Å²) < 4.78 is 6.65. The molecule has 96 valence electrons. The lowest BCUT2D eigenvalue weighted by atomic mass is 10.1. The van der Waals surface area contributed by atoms with Gasteiger partial charge in [-0.25, -0.2) is 0 Å². The third-order valence-corrected chi connectivity index (χ3v) is 2.86. The van der Waals surface area contributed by atoms with Crippen LogP contribution in [0.1, 0.15) is 24.4 Å². The highest BCUT2D eigenvalue weighted by Gasteiger charge is 2.10. The van der Waals surface area contributed by atoms with Crippen LogP contribution in [-0.2, 0) is 13.7 Å². The first kappa shape index (κ1) is 13.0. The van der Waals surface area contributed by atoms with Crippen LogP contribution >= 0.6 is 15.9 Å². The number of rotatable bonds is 4. The van der Waals surface area contributed by atoms with Crippen LogP contribution in [0.4, 0.5) is 0 Å². The molecule has 1 aromatic heterocycles. The molecule has 0 fully saturated rings. The second kappa shape index (κ2) is 5.45. The Labute approximate surface area is 113 Å². The highest BCUT2D eigenvalue weighted by Crippen LogP contribution is 2.27. The lowest BCUT2D eigenvalue weighted by molar-refractivity contribution is 0.291. The number of ether oxygens (including phenoxy) is 1. The van der Waals surface area contributed by atoms with Crippen molar-refractivity contribution in [2.45, 2.75) is 19.6 Å². The van der Waals surface area contributed by atoms with E-state index in [-0.39, 0.29) is 12.6 Å². The van der Waals surface area contributed by atoms with Gasteiger partial charge < -0.3 is 10.5 Å². The van der Waals surface area contributed by atoms with Crippen LogP contribution in [0, 0.1) is 0 Å². The molecule has 0 bridgehead atoms. The molecule has 0 amide bonds. The van der Waals surface area contributed by atoms with Gasteiger partial charge in [0, 0.05) is 16.1 Å². The number of nitrogens with two attached hydrogens (primary N) is 1. The monoisotopic (exact) mass is 311 g/mol. The second-order valence-corrected chi connectivity index (χ2v) is 4.87. The van der Waals surface area contributed by atoms with E-state index in [1.165, 1.54) is 4.80 Å². The smallest absolute Gasteiger partial charge is 0.212 e. The summed E-state index contributed by atoms with van der Waals surface area (Å²) >= 11 is 3.41. The average molecular weight is 312 g/mol. The lowest BCUT2D eigenvalue weighted by Gasteiger charge is -2.13. The molecule has 2 rings (SSSR count). The first-order valence-electron chi connectivity index (χ1n) is 5.47. The maximum absolute atomic E-state index is 5.91. The van der Waals surface area contributed by atoms with Crippen LogP contribution in [0.5, 0.6) is 5.75 Å². The van der Waals surface area contributed by atoms with Crippen molar-refractivity contribution in [2.75, 3.05) is 0 Å². The van der Waals surface area contributed by atoms with E-state index >= 15 is 0 Å². The molecule has 0 unspecified atom stereocenters. The van der Waals surface area contributed by atoms with Crippen LogP contribution < -0.4 is 10.5 Å². The minimum absolute atomic E-state index is 0.104. The fraction of sp³-hybridized carbons (Fsp3) is 0.364. The molecule has 6 nitrogen and oxygen atoms in total. The maximum Gasteiger partial charge on any atom is 0.212 e. The highest BCUT2D eigenvalue weighted by atomic mass is 79.9. The first-order valence-corrected chi connectivity index (χ1v) is 6.26. The van der Waals surface area contributed by atoms with Gasteiger partial charge in [-0.05, 0) is 30.3 Å². The second-order valence-electron chi connectivity index (χ2n) is 3.95. The van der Waals surface area contributed by atoms with Gasteiger partial charge in [0.2, 0.25) is 5.82 Å². The van der Waals surface area contributed by atoms with Crippen molar-refractivity contribution in [3.63, 3.8) is 0 Å². The lowest BCUT2D eigenvalue weighted by Crippen LogP contribution is -2.08. The summed E-state index contributed by atoms with van der Waals surface area (Å²) in [6.07, 6.45) is 0. The normalized spacial score (nSPS) is 12.4. The number of aromatic nitrogens is 4. The molecular weight excluding hydrogens is 298 g/mol. The van der Waals surface area contributed by atoms with Crippen molar-refractivity contribution in [1.82, 2.24) is 20.2 Å². The summed E-state index contributed by atoms with van der Waals surface area (Å²) in [5.74, 6) is 1.27. The Balaban J connectivity index is 2.13. The quantitative estimate of drug-likeness (QED) is 0.927. The number of benzene rings is 1. The molecule has 1 heterocycles. The van der Waals surface area contributed by atoms with Gasteiger partial charge in [-0.3, -0.25) is 0 Å². The number of halogens is 1. The van der Waals surface area contributed by atoms with Crippen LogP contribution in [0.25, 0.3) is 0 Å². The summed E-state index contributed by atoms with van der Waals surface area (Å²) in [5, 5.41) is 11.6. The van der Waals surface area contributed by atoms with Crippen LogP contribution in [0.3, 0.4) is 0 Å². The van der Waals surface area contributed by atoms with Gasteiger partial charge in [-0.15, -0.1) is 10.2 Å². The number of tetrazole rings is 1. The van der Waals surface area contributed by atoms with Crippen molar-refractivity contribution in [2.24, 2.45) is 12.8 Å². The van der Waals surface area contributed by atoms with Crippen molar-refractivity contribution >= 4 is 15.9 Å². The van der Waals surface area contributed by atoms with Gasteiger partial charge >= 0.3 is 0 Å². The standard InChI is InChI=1S/C11H14BrN5O/c1-7(13)9-5-8(12)3-4-10(9)18-6-11-14-16-17(2)15-11/h3-5,7H,6,13H2,1-2H3/t7-/m1/s1. The molecule has 0 saturated carbocycles. The van der Waals surface area contributed by atoms with Crippen LogP contribution in [0.2, 0.25) is 0 Å². The van der Waals surface area contributed by atoms with E-state index in [1.54, 1.807) is 7.05 Å². The molecular formula is C11H14BrN5O. The Morgan fingerprint density at radius 3 is 2.89 bits per heavy atom. The minimum atomic E-state index is -0.104. The zero-order valence-electron chi connectivity index (χ0n) is 10.2. The fourth-order valence-electron chi connectivity index (χ4n) is 1.53. The molecule has 7 heteroatoms. The van der Waals surface area contributed by atoms with Crippen molar-refractivity contribution in [3.8, 4) is 5.75 Å². The number of hydrogen-bond acceptors (Lipinski definition) is 5. The zero-order valence-corrected chi connectivity index (χ0v) is 11.8. The van der Waals surface area contributed by atoms with E-state index in [1.807, 2.05) is 25.1 Å². The molecule has 0 saturated heterocycles. The summed E-state index contributed by atoms with van der Waals surface area (Å²) in [5.41, 5.74) is 6.85. The Bertz CT molecular complexity index is 540. The highest BCUT2D eigenvalue weighted by molar-refractivity contribution is 9.10. The van der Waals surface area contributed by atoms with Gasteiger partial charge in [-0.2, -0.15) is 4.80 Å². The molecule has 0 aliphatic rings. The third-order valence-electron chi connectivity index (χ3n) is 2.37. The van der Waals surface area contributed by atoms with Crippen LogP contribution in [0.15, 0.2) is 22.7 Å². The molecule has 0 spiro atoms. The molecule has 1 aromatic carbocycles.